The Labute approximate surface area is 172 Å². The number of carbonyl (C=O) groups excluding carboxylic acids is 1. The minimum Gasteiger partial charge on any atom is -0.334 e. The van der Waals surface area contributed by atoms with Crippen LogP contribution in [0.25, 0.3) is 22.6 Å². The van der Waals surface area contributed by atoms with Crippen LogP contribution in [0.5, 0.6) is 0 Å². The first kappa shape index (κ1) is 18.8. The van der Waals surface area contributed by atoms with Gasteiger partial charge in [0.15, 0.2) is 0 Å². The van der Waals surface area contributed by atoms with E-state index >= 15 is 0 Å². The second kappa shape index (κ2) is 8.24. The van der Waals surface area contributed by atoms with Crippen LogP contribution in [0, 0.1) is 0 Å². The molecule has 0 aliphatic heterocycles. The van der Waals surface area contributed by atoms with Gasteiger partial charge in [0.05, 0.1) is 23.0 Å². The number of para-hydroxylation sites is 1. The zero-order valence-corrected chi connectivity index (χ0v) is 16.6. The highest BCUT2D eigenvalue weighted by molar-refractivity contribution is 7.11. The van der Waals surface area contributed by atoms with E-state index in [0.717, 1.165) is 10.4 Å². The molecule has 4 aromatic rings. The van der Waals surface area contributed by atoms with Crippen LogP contribution in [-0.2, 0) is 11.3 Å². The Morgan fingerprint density at radius 3 is 2.59 bits per heavy atom. The molecule has 0 atom stereocenters. The summed E-state index contributed by atoms with van der Waals surface area (Å²) in [5.41, 5.74) is 1.97. The first-order chi connectivity index (χ1) is 14.1. The first-order valence-electron chi connectivity index (χ1n) is 9.16. The summed E-state index contributed by atoms with van der Waals surface area (Å²) in [5, 5.41) is 2.48. The van der Waals surface area contributed by atoms with E-state index in [-0.39, 0.29) is 18.0 Å². The maximum absolute atomic E-state index is 13.2. The van der Waals surface area contributed by atoms with Gasteiger partial charge in [-0.2, -0.15) is 0 Å². The average molecular weight is 401 g/mol. The third-order valence-electron chi connectivity index (χ3n) is 4.52. The van der Waals surface area contributed by atoms with Gasteiger partial charge in [-0.15, -0.1) is 11.3 Å². The summed E-state index contributed by atoms with van der Waals surface area (Å²) in [6.45, 7) is 0.205. The number of rotatable bonds is 5. The van der Waals surface area contributed by atoms with Crippen molar-refractivity contribution in [3.05, 3.63) is 98.7 Å². The fraction of sp³-hybridized carbons (Fsp3) is 0.0870. The van der Waals surface area contributed by atoms with E-state index in [1.807, 2.05) is 60.0 Å². The number of likely N-dealkylation sites (N-methyl/N-ethyl adjacent to an activating group) is 1. The number of fused-ring (bicyclic) bond motifs is 1. The molecule has 0 radical (unpaired) electrons. The van der Waals surface area contributed by atoms with Crippen molar-refractivity contribution in [2.24, 2.45) is 0 Å². The molecular formula is C23H19N3O2S. The van der Waals surface area contributed by atoms with E-state index in [4.69, 9.17) is 0 Å². The maximum Gasteiger partial charge on any atom is 0.258 e. The van der Waals surface area contributed by atoms with E-state index in [1.165, 1.54) is 11.3 Å². The van der Waals surface area contributed by atoms with Crippen LogP contribution in [0.4, 0.5) is 0 Å². The Kier molecular flexibility index (Phi) is 5.35. The quantitative estimate of drug-likeness (QED) is 0.510. The molecule has 0 fully saturated rings. The van der Waals surface area contributed by atoms with E-state index in [1.54, 1.807) is 30.1 Å². The second-order valence-corrected chi connectivity index (χ2v) is 7.58. The fourth-order valence-electron chi connectivity index (χ4n) is 3.10. The molecule has 2 heterocycles. The van der Waals surface area contributed by atoms with Gasteiger partial charge in [0.2, 0.25) is 0 Å². The van der Waals surface area contributed by atoms with Crippen molar-refractivity contribution >= 4 is 39.8 Å². The fourth-order valence-corrected chi connectivity index (χ4v) is 3.83. The van der Waals surface area contributed by atoms with E-state index in [9.17, 15) is 9.59 Å². The standard InChI is InChI=1S/C23H19N3O2S/c1-26(15-21-24-19-11-6-5-10-17(19)22(27)25-21)23(28)18(20-12-7-13-29-20)14-16-8-3-2-4-9-16/h2-14H,15H2,1H3,(H,24,25,27). The highest BCUT2D eigenvalue weighted by atomic mass is 32.1. The molecule has 6 heteroatoms. The predicted molar refractivity (Wildman–Crippen MR) is 117 cm³/mol. The molecule has 0 unspecified atom stereocenters. The number of amides is 1. The number of hydrogen-bond donors (Lipinski definition) is 1. The molecule has 0 saturated carbocycles. The van der Waals surface area contributed by atoms with Gasteiger partial charge in [0, 0.05) is 11.9 Å². The molecule has 5 nitrogen and oxygen atoms in total. The zero-order valence-electron chi connectivity index (χ0n) is 15.8. The molecule has 0 aliphatic carbocycles. The largest absolute Gasteiger partial charge is 0.334 e. The highest BCUT2D eigenvalue weighted by Gasteiger charge is 2.19. The van der Waals surface area contributed by atoms with Crippen molar-refractivity contribution in [3.63, 3.8) is 0 Å². The number of nitrogens with zero attached hydrogens (tertiary/aromatic N) is 2. The summed E-state index contributed by atoms with van der Waals surface area (Å²) in [6.07, 6.45) is 1.89. The van der Waals surface area contributed by atoms with E-state index in [2.05, 4.69) is 9.97 Å². The monoisotopic (exact) mass is 401 g/mol. The molecule has 0 bridgehead atoms. The summed E-state index contributed by atoms with van der Waals surface area (Å²) in [5.74, 6) is 0.321. The average Bonchev–Trinajstić information content (AvgIpc) is 3.27. The number of H-pyrrole nitrogens is 1. The topological polar surface area (TPSA) is 66.1 Å². The van der Waals surface area contributed by atoms with Gasteiger partial charge in [-0.3, -0.25) is 9.59 Å². The smallest absolute Gasteiger partial charge is 0.258 e. The lowest BCUT2D eigenvalue weighted by molar-refractivity contribution is -0.124. The van der Waals surface area contributed by atoms with Gasteiger partial charge in [-0.1, -0.05) is 48.5 Å². The van der Waals surface area contributed by atoms with Crippen LogP contribution >= 0.6 is 11.3 Å². The van der Waals surface area contributed by atoms with Crippen LogP contribution in [0.15, 0.2) is 76.9 Å². The molecule has 2 aromatic carbocycles. The normalized spacial score (nSPS) is 11.6. The Hall–Kier alpha value is -3.51. The van der Waals surface area contributed by atoms with Crippen LogP contribution in [-0.4, -0.2) is 27.8 Å². The maximum atomic E-state index is 13.2. The summed E-state index contributed by atoms with van der Waals surface area (Å²) in [6, 6.07) is 20.8. The van der Waals surface area contributed by atoms with E-state index in [0.29, 0.717) is 22.3 Å². The summed E-state index contributed by atoms with van der Waals surface area (Å²) in [7, 11) is 1.71. The van der Waals surface area contributed by atoms with Gasteiger partial charge >= 0.3 is 0 Å². The Morgan fingerprint density at radius 2 is 1.83 bits per heavy atom. The number of aromatic nitrogens is 2. The number of thiophene rings is 1. The Balaban J connectivity index is 1.65. The number of carbonyl (C=O) groups is 1. The van der Waals surface area contributed by atoms with Crippen LogP contribution < -0.4 is 5.56 Å². The first-order valence-corrected chi connectivity index (χ1v) is 10.0. The number of benzene rings is 2. The van der Waals surface area contributed by atoms with Crippen molar-refractivity contribution in [2.75, 3.05) is 7.05 Å². The molecule has 29 heavy (non-hydrogen) atoms. The highest BCUT2D eigenvalue weighted by Crippen LogP contribution is 2.25. The number of nitrogens with one attached hydrogen (secondary N) is 1. The summed E-state index contributed by atoms with van der Waals surface area (Å²) in [4.78, 5) is 35.3. The number of hydrogen-bond acceptors (Lipinski definition) is 4. The molecule has 144 valence electrons. The zero-order chi connectivity index (χ0) is 20.2. The van der Waals surface area contributed by atoms with Crippen molar-refractivity contribution in [1.29, 1.82) is 0 Å². The molecule has 1 amide bonds. The Morgan fingerprint density at radius 1 is 1.07 bits per heavy atom. The lowest BCUT2D eigenvalue weighted by atomic mass is 10.1. The van der Waals surface area contributed by atoms with Crippen LogP contribution in [0.1, 0.15) is 16.3 Å². The van der Waals surface area contributed by atoms with Crippen LogP contribution in [0.2, 0.25) is 0 Å². The Bertz CT molecular complexity index is 1230. The number of aromatic amines is 1. The molecule has 0 spiro atoms. The SMILES string of the molecule is CN(Cc1nc2ccccc2c(=O)[nH]1)C(=O)C(=Cc1ccccc1)c1cccs1. The minimum atomic E-state index is -0.204. The predicted octanol–water partition coefficient (Wildman–Crippen LogP) is 4.18. The lowest BCUT2D eigenvalue weighted by Crippen LogP contribution is -2.29. The summed E-state index contributed by atoms with van der Waals surface area (Å²) < 4.78 is 0. The van der Waals surface area contributed by atoms with Crippen molar-refractivity contribution in [1.82, 2.24) is 14.9 Å². The lowest BCUT2D eigenvalue weighted by Gasteiger charge is -2.18. The van der Waals surface area contributed by atoms with Gasteiger partial charge in [0.25, 0.3) is 11.5 Å². The van der Waals surface area contributed by atoms with Crippen LogP contribution in [0.3, 0.4) is 0 Å². The van der Waals surface area contributed by atoms with Gasteiger partial charge in [0.1, 0.15) is 5.82 Å². The van der Waals surface area contributed by atoms with Crippen molar-refractivity contribution < 1.29 is 4.79 Å². The van der Waals surface area contributed by atoms with E-state index < -0.39 is 0 Å². The van der Waals surface area contributed by atoms with Crippen molar-refractivity contribution in [2.45, 2.75) is 6.54 Å². The van der Waals surface area contributed by atoms with Gasteiger partial charge < -0.3 is 9.88 Å². The van der Waals surface area contributed by atoms with Gasteiger partial charge in [-0.25, -0.2) is 4.98 Å². The minimum absolute atomic E-state index is 0.132. The molecule has 0 saturated heterocycles. The van der Waals surface area contributed by atoms with Gasteiger partial charge in [-0.05, 0) is 35.2 Å². The third kappa shape index (κ3) is 4.17. The molecule has 0 aliphatic rings. The molecule has 4 rings (SSSR count). The van der Waals surface area contributed by atoms with Crippen molar-refractivity contribution in [3.8, 4) is 0 Å². The molecule has 2 aromatic heterocycles. The summed E-state index contributed by atoms with van der Waals surface area (Å²) >= 11 is 1.52. The second-order valence-electron chi connectivity index (χ2n) is 6.64. The molecular weight excluding hydrogens is 382 g/mol. The molecule has 1 N–H and O–H groups in total. The third-order valence-corrected chi connectivity index (χ3v) is 5.43.